The Balaban J connectivity index is 1.53. The summed E-state index contributed by atoms with van der Waals surface area (Å²) in [5, 5.41) is 13.0. The van der Waals surface area contributed by atoms with Crippen LogP contribution < -0.4 is 5.32 Å². The van der Waals surface area contributed by atoms with E-state index in [-0.39, 0.29) is 11.2 Å². The van der Waals surface area contributed by atoms with Crippen molar-refractivity contribution in [3.63, 3.8) is 0 Å². The summed E-state index contributed by atoms with van der Waals surface area (Å²) in [5.41, 5.74) is 2.27. The van der Waals surface area contributed by atoms with Gasteiger partial charge in [-0.25, -0.2) is 0 Å². The molecule has 0 radical (unpaired) electrons. The minimum absolute atomic E-state index is 0.0588. The van der Waals surface area contributed by atoms with E-state index in [1.54, 1.807) is 0 Å². The zero-order chi connectivity index (χ0) is 16.9. The number of benzene rings is 1. The fourth-order valence-electron chi connectivity index (χ4n) is 2.00. The molecule has 1 unspecified atom stereocenters. The van der Waals surface area contributed by atoms with Crippen molar-refractivity contribution in [2.45, 2.75) is 30.9 Å². The normalized spacial score (nSPS) is 12.1. The maximum Gasteiger partial charge on any atom is 0.277 e. The molecule has 2 aromatic heterocycles. The Hall–Kier alpha value is -2.12. The minimum Gasteiger partial charge on any atom is -0.410 e. The van der Waals surface area contributed by atoms with Crippen LogP contribution in [0.4, 0.5) is 0 Å². The zero-order valence-corrected chi connectivity index (χ0v) is 15.0. The van der Waals surface area contributed by atoms with E-state index in [1.807, 2.05) is 55.6 Å². The van der Waals surface area contributed by atoms with Crippen LogP contribution >= 0.6 is 23.1 Å². The third-order valence-corrected chi connectivity index (χ3v) is 5.16. The van der Waals surface area contributed by atoms with Gasteiger partial charge in [0.15, 0.2) is 0 Å². The highest BCUT2D eigenvalue weighted by Crippen LogP contribution is 2.28. The van der Waals surface area contributed by atoms with E-state index in [0.717, 1.165) is 10.4 Å². The van der Waals surface area contributed by atoms with Gasteiger partial charge in [0.25, 0.3) is 11.1 Å². The number of nitrogens with zero attached hydrogens (tertiary/aromatic N) is 2. The van der Waals surface area contributed by atoms with Crippen LogP contribution in [0, 0.1) is 6.92 Å². The largest absolute Gasteiger partial charge is 0.410 e. The number of carbonyl (C=O) groups excluding carboxylic acids is 1. The number of aryl methyl sites for hydroxylation is 1. The molecule has 1 amide bonds. The molecule has 7 heteroatoms. The molecule has 1 aromatic carbocycles. The summed E-state index contributed by atoms with van der Waals surface area (Å²) in [5.74, 6) is 0.427. The first-order valence-corrected chi connectivity index (χ1v) is 9.25. The van der Waals surface area contributed by atoms with Crippen LogP contribution in [0.2, 0.25) is 0 Å². The molecule has 3 aromatic rings. The lowest BCUT2D eigenvalue weighted by molar-refractivity contribution is -0.120. The molecule has 24 heavy (non-hydrogen) atoms. The molecule has 2 heterocycles. The topological polar surface area (TPSA) is 68.0 Å². The molecule has 5 nitrogen and oxygen atoms in total. The second kappa shape index (κ2) is 7.63. The van der Waals surface area contributed by atoms with Gasteiger partial charge in [-0.05, 0) is 30.9 Å². The molecule has 0 aliphatic rings. The van der Waals surface area contributed by atoms with Gasteiger partial charge in [-0.2, -0.15) is 0 Å². The second-order valence-corrected chi connectivity index (χ2v) is 7.55. The van der Waals surface area contributed by atoms with Crippen molar-refractivity contribution in [3.05, 3.63) is 52.9 Å². The van der Waals surface area contributed by atoms with Crippen LogP contribution in [0.15, 0.2) is 51.4 Å². The molecule has 0 aliphatic carbocycles. The summed E-state index contributed by atoms with van der Waals surface area (Å²) in [7, 11) is 0. The standard InChI is InChI=1S/C17H17N3O2S2/c1-11-5-7-13(8-6-11)10-18-15(21)12(2)24-17-20-19-16(22-17)14-4-3-9-23-14/h3-9,12H,10H2,1-2H3,(H,18,21). The third-order valence-electron chi connectivity index (χ3n) is 3.37. The SMILES string of the molecule is Cc1ccc(CNC(=O)C(C)Sc2nnc(-c3cccs3)o2)cc1. The van der Waals surface area contributed by atoms with E-state index in [9.17, 15) is 4.79 Å². The summed E-state index contributed by atoms with van der Waals surface area (Å²) in [6.07, 6.45) is 0. The summed E-state index contributed by atoms with van der Waals surface area (Å²) < 4.78 is 5.60. The van der Waals surface area contributed by atoms with Gasteiger partial charge >= 0.3 is 0 Å². The van der Waals surface area contributed by atoms with E-state index in [4.69, 9.17) is 4.42 Å². The molecule has 1 N–H and O–H groups in total. The van der Waals surface area contributed by atoms with E-state index >= 15 is 0 Å². The number of aromatic nitrogens is 2. The van der Waals surface area contributed by atoms with Crippen LogP contribution in [0.5, 0.6) is 0 Å². The highest BCUT2D eigenvalue weighted by molar-refractivity contribution is 8.00. The molecule has 0 aliphatic heterocycles. The average molecular weight is 359 g/mol. The fourth-order valence-corrected chi connectivity index (χ4v) is 3.35. The molecule has 0 saturated heterocycles. The summed E-state index contributed by atoms with van der Waals surface area (Å²) >= 11 is 2.80. The molecule has 0 saturated carbocycles. The van der Waals surface area contributed by atoms with Crippen molar-refractivity contribution in [2.75, 3.05) is 0 Å². The first-order valence-electron chi connectivity index (χ1n) is 7.49. The lowest BCUT2D eigenvalue weighted by Crippen LogP contribution is -2.30. The smallest absolute Gasteiger partial charge is 0.277 e. The van der Waals surface area contributed by atoms with Crippen LogP contribution in [0.1, 0.15) is 18.1 Å². The molecule has 3 rings (SSSR count). The quantitative estimate of drug-likeness (QED) is 0.676. The Morgan fingerprint density at radius 1 is 1.29 bits per heavy atom. The highest BCUT2D eigenvalue weighted by atomic mass is 32.2. The Morgan fingerprint density at radius 3 is 2.79 bits per heavy atom. The number of hydrogen-bond donors (Lipinski definition) is 1. The van der Waals surface area contributed by atoms with Gasteiger partial charge in [0.1, 0.15) is 0 Å². The molecular weight excluding hydrogens is 342 g/mol. The van der Waals surface area contributed by atoms with Gasteiger partial charge in [-0.15, -0.1) is 21.5 Å². The van der Waals surface area contributed by atoms with E-state index < -0.39 is 0 Å². The van der Waals surface area contributed by atoms with Crippen molar-refractivity contribution in [1.82, 2.24) is 15.5 Å². The summed E-state index contributed by atoms with van der Waals surface area (Å²) in [6, 6.07) is 11.9. The van der Waals surface area contributed by atoms with Crippen LogP contribution in [0.3, 0.4) is 0 Å². The van der Waals surface area contributed by atoms with Gasteiger partial charge in [-0.1, -0.05) is 47.7 Å². The first kappa shape index (κ1) is 16.7. The maximum atomic E-state index is 12.2. The monoisotopic (exact) mass is 359 g/mol. The molecule has 124 valence electrons. The number of rotatable bonds is 6. The van der Waals surface area contributed by atoms with Crippen LogP contribution in [-0.2, 0) is 11.3 Å². The lowest BCUT2D eigenvalue weighted by Gasteiger charge is -2.10. The zero-order valence-electron chi connectivity index (χ0n) is 13.4. The van der Waals surface area contributed by atoms with Gasteiger partial charge in [-0.3, -0.25) is 4.79 Å². The van der Waals surface area contributed by atoms with Crippen molar-refractivity contribution in [3.8, 4) is 10.8 Å². The number of carbonyl (C=O) groups is 1. The minimum atomic E-state index is -0.313. The van der Waals surface area contributed by atoms with E-state index in [2.05, 4.69) is 15.5 Å². The molecule has 0 fully saturated rings. The average Bonchev–Trinajstić information content (AvgIpc) is 3.25. The molecular formula is C17H17N3O2S2. The summed E-state index contributed by atoms with van der Waals surface area (Å²) in [4.78, 5) is 13.1. The van der Waals surface area contributed by atoms with Crippen LogP contribution in [0.25, 0.3) is 10.8 Å². The lowest BCUT2D eigenvalue weighted by atomic mass is 10.1. The number of amides is 1. The number of nitrogens with one attached hydrogen (secondary N) is 1. The van der Waals surface area contributed by atoms with Gasteiger partial charge in [0, 0.05) is 6.54 Å². The van der Waals surface area contributed by atoms with Crippen molar-refractivity contribution in [1.29, 1.82) is 0 Å². The second-order valence-electron chi connectivity index (χ2n) is 5.31. The van der Waals surface area contributed by atoms with Crippen molar-refractivity contribution >= 4 is 29.0 Å². The Labute approximate surface area is 148 Å². The van der Waals surface area contributed by atoms with Gasteiger partial charge in [0.2, 0.25) is 5.91 Å². The molecule has 0 spiro atoms. The van der Waals surface area contributed by atoms with E-state index in [1.165, 1.54) is 28.7 Å². The van der Waals surface area contributed by atoms with Crippen molar-refractivity contribution in [2.24, 2.45) is 0 Å². The van der Waals surface area contributed by atoms with Crippen molar-refractivity contribution < 1.29 is 9.21 Å². The number of thioether (sulfide) groups is 1. The maximum absolute atomic E-state index is 12.2. The van der Waals surface area contributed by atoms with Gasteiger partial charge in [0.05, 0.1) is 10.1 Å². The third kappa shape index (κ3) is 4.24. The first-order chi connectivity index (χ1) is 11.6. The number of thiophene rings is 1. The Morgan fingerprint density at radius 2 is 2.08 bits per heavy atom. The molecule has 0 bridgehead atoms. The van der Waals surface area contributed by atoms with E-state index in [0.29, 0.717) is 17.7 Å². The predicted molar refractivity (Wildman–Crippen MR) is 96.0 cm³/mol. The highest BCUT2D eigenvalue weighted by Gasteiger charge is 2.18. The van der Waals surface area contributed by atoms with Crippen LogP contribution in [-0.4, -0.2) is 21.4 Å². The fraction of sp³-hybridized carbons (Fsp3) is 0.235. The Kier molecular flexibility index (Phi) is 5.32. The molecule has 1 atom stereocenters. The Bertz CT molecular complexity index is 798. The predicted octanol–water partition coefficient (Wildman–Crippen LogP) is 3.90. The van der Waals surface area contributed by atoms with Gasteiger partial charge < -0.3 is 9.73 Å². The number of hydrogen-bond acceptors (Lipinski definition) is 6. The summed E-state index contributed by atoms with van der Waals surface area (Å²) in [6.45, 7) is 4.37.